The van der Waals surface area contributed by atoms with Crippen LogP contribution in [0.5, 0.6) is 0 Å². The highest BCUT2D eigenvalue weighted by Gasteiger charge is 2.64. The van der Waals surface area contributed by atoms with Gasteiger partial charge in [-0.05, 0) is 20.8 Å². The number of imide groups is 1. The lowest BCUT2D eigenvalue weighted by atomic mass is 10.0. The number of ether oxygens (including phenoxy) is 2. The Morgan fingerprint density at radius 2 is 1.76 bits per heavy atom. The number of amides is 3. The number of halogens is 3. The summed E-state index contributed by atoms with van der Waals surface area (Å²) in [6, 6.07) is -1.06. The zero-order chi connectivity index (χ0) is 16.3. The lowest BCUT2D eigenvalue weighted by Crippen LogP contribution is -2.56. The molecule has 122 valence electrons. The Bertz CT molecular complexity index is 396. The first-order chi connectivity index (χ1) is 9.67. The van der Waals surface area contributed by atoms with Gasteiger partial charge in [-0.1, -0.05) is 0 Å². The van der Waals surface area contributed by atoms with Crippen molar-refractivity contribution >= 4 is 11.9 Å². The van der Waals surface area contributed by atoms with E-state index in [0.29, 0.717) is 25.0 Å². The number of urea groups is 1. The van der Waals surface area contributed by atoms with E-state index in [1.54, 1.807) is 19.2 Å². The molecule has 0 bridgehead atoms. The molecule has 3 amide bonds. The second-order valence-corrected chi connectivity index (χ2v) is 4.64. The summed E-state index contributed by atoms with van der Waals surface area (Å²) in [5, 5.41) is 1.69. The second kappa shape index (κ2) is 6.61. The topological polar surface area (TPSA) is 67.9 Å². The van der Waals surface area contributed by atoms with Crippen LogP contribution in [0.3, 0.4) is 0 Å². The quantitative estimate of drug-likeness (QED) is 0.573. The molecule has 0 saturated carbocycles. The molecule has 0 aliphatic carbocycles. The van der Waals surface area contributed by atoms with E-state index in [9.17, 15) is 22.8 Å². The van der Waals surface area contributed by atoms with Crippen molar-refractivity contribution < 1.29 is 32.2 Å². The van der Waals surface area contributed by atoms with Gasteiger partial charge in [-0.15, -0.1) is 0 Å². The summed E-state index contributed by atoms with van der Waals surface area (Å²) >= 11 is 0. The monoisotopic (exact) mass is 312 g/mol. The third-order valence-corrected chi connectivity index (χ3v) is 3.14. The Kier molecular flexibility index (Phi) is 5.57. The first kappa shape index (κ1) is 17.7. The van der Waals surface area contributed by atoms with E-state index in [1.807, 2.05) is 0 Å². The molecule has 1 N–H and O–H groups in total. The normalized spacial score (nSPS) is 23.1. The van der Waals surface area contributed by atoms with E-state index in [1.165, 1.54) is 0 Å². The number of hydrogen-bond acceptors (Lipinski definition) is 4. The third-order valence-electron chi connectivity index (χ3n) is 3.14. The molecule has 1 rings (SSSR count). The smallest absolute Gasteiger partial charge is 0.353 e. The molecule has 0 aromatic carbocycles. The third kappa shape index (κ3) is 3.65. The van der Waals surface area contributed by atoms with E-state index < -0.39 is 29.9 Å². The predicted octanol–water partition coefficient (Wildman–Crippen LogP) is 1.65. The van der Waals surface area contributed by atoms with Gasteiger partial charge in [-0.2, -0.15) is 13.2 Å². The number of nitrogens with one attached hydrogen (secondary N) is 1. The zero-order valence-electron chi connectivity index (χ0n) is 12.1. The number of carbonyl (C=O) groups excluding carboxylic acids is 2. The molecule has 1 atom stereocenters. The van der Waals surface area contributed by atoms with Crippen LogP contribution in [0, 0.1) is 0 Å². The molecule has 1 aliphatic rings. The maximum absolute atomic E-state index is 12.9. The van der Waals surface area contributed by atoms with Crippen LogP contribution in [-0.4, -0.2) is 54.6 Å². The molecule has 21 heavy (non-hydrogen) atoms. The van der Waals surface area contributed by atoms with Gasteiger partial charge in [0.15, 0.2) is 6.29 Å². The molecule has 0 spiro atoms. The minimum Gasteiger partial charge on any atom is -0.353 e. The van der Waals surface area contributed by atoms with Crippen LogP contribution in [0.4, 0.5) is 18.0 Å². The summed E-state index contributed by atoms with van der Waals surface area (Å²) in [4.78, 5) is 24.0. The van der Waals surface area contributed by atoms with Gasteiger partial charge in [0, 0.05) is 26.2 Å². The summed E-state index contributed by atoms with van der Waals surface area (Å²) in [5.41, 5.74) is -2.88. The summed E-state index contributed by atoms with van der Waals surface area (Å²) in [7, 11) is 0. The Morgan fingerprint density at radius 3 is 2.14 bits per heavy atom. The second-order valence-electron chi connectivity index (χ2n) is 4.64. The van der Waals surface area contributed by atoms with Crippen molar-refractivity contribution in [3.63, 3.8) is 0 Å². The van der Waals surface area contributed by atoms with Crippen LogP contribution in [0.15, 0.2) is 0 Å². The minimum atomic E-state index is -4.85. The van der Waals surface area contributed by atoms with Crippen molar-refractivity contribution in [3.05, 3.63) is 0 Å². The zero-order valence-corrected chi connectivity index (χ0v) is 12.1. The van der Waals surface area contributed by atoms with E-state index in [0.717, 1.165) is 0 Å². The number of hydrogen-bond donors (Lipinski definition) is 1. The maximum atomic E-state index is 12.9. The number of alkyl halides is 3. The molecule has 1 heterocycles. The Morgan fingerprint density at radius 1 is 1.24 bits per heavy atom. The highest BCUT2D eigenvalue weighted by molar-refractivity contribution is 6.07. The lowest BCUT2D eigenvalue weighted by Gasteiger charge is -2.24. The highest BCUT2D eigenvalue weighted by atomic mass is 19.4. The predicted molar refractivity (Wildman–Crippen MR) is 66.4 cm³/mol. The van der Waals surface area contributed by atoms with Gasteiger partial charge in [-0.25, -0.2) is 4.79 Å². The van der Waals surface area contributed by atoms with Crippen LogP contribution in [0.2, 0.25) is 0 Å². The summed E-state index contributed by atoms with van der Waals surface area (Å²) < 4.78 is 49.0. The number of nitrogens with zero attached hydrogens (tertiary/aromatic N) is 1. The van der Waals surface area contributed by atoms with Crippen LogP contribution in [0.1, 0.15) is 27.2 Å². The van der Waals surface area contributed by atoms with Crippen molar-refractivity contribution in [3.8, 4) is 0 Å². The van der Waals surface area contributed by atoms with Gasteiger partial charge in [0.1, 0.15) is 0 Å². The van der Waals surface area contributed by atoms with Crippen molar-refractivity contribution in [2.75, 3.05) is 19.8 Å². The minimum absolute atomic E-state index is 0.106. The molecule has 1 aliphatic heterocycles. The molecule has 1 fully saturated rings. The van der Waals surface area contributed by atoms with Crippen molar-refractivity contribution in [1.29, 1.82) is 0 Å². The molecular formula is C12H19F3N2O4. The fraction of sp³-hybridized carbons (Fsp3) is 0.833. The maximum Gasteiger partial charge on any atom is 0.420 e. The van der Waals surface area contributed by atoms with Gasteiger partial charge >= 0.3 is 12.2 Å². The van der Waals surface area contributed by atoms with E-state index >= 15 is 0 Å². The lowest BCUT2D eigenvalue weighted by molar-refractivity contribution is -0.191. The fourth-order valence-electron chi connectivity index (χ4n) is 1.91. The van der Waals surface area contributed by atoms with Crippen LogP contribution < -0.4 is 5.32 Å². The molecule has 0 aromatic rings. The first-order valence-electron chi connectivity index (χ1n) is 6.61. The number of rotatable bonds is 7. The van der Waals surface area contributed by atoms with Gasteiger partial charge in [-0.3, -0.25) is 9.69 Å². The summed E-state index contributed by atoms with van der Waals surface area (Å²) in [6.45, 7) is 4.62. The van der Waals surface area contributed by atoms with Crippen LogP contribution >= 0.6 is 0 Å². The first-order valence-corrected chi connectivity index (χ1v) is 6.61. The summed E-state index contributed by atoms with van der Waals surface area (Å²) in [6.07, 6.45) is -5.42. The fourth-order valence-corrected chi connectivity index (χ4v) is 1.91. The molecular weight excluding hydrogens is 293 g/mol. The van der Waals surface area contributed by atoms with Crippen molar-refractivity contribution in [2.45, 2.75) is 45.2 Å². The Balaban J connectivity index is 2.72. The SMILES string of the molecule is CCOC(CCN1C(=O)NC(C)(C(F)(F)F)C1=O)OCC. The molecule has 6 nitrogen and oxygen atoms in total. The van der Waals surface area contributed by atoms with Gasteiger partial charge in [0.25, 0.3) is 5.91 Å². The molecule has 0 radical (unpaired) electrons. The highest BCUT2D eigenvalue weighted by Crippen LogP contribution is 2.35. The van der Waals surface area contributed by atoms with Crippen LogP contribution in [-0.2, 0) is 14.3 Å². The van der Waals surface area contributed by atoms with Gasteiger partial charge < -0.3 is 14.8 Å². The van der Waals surface area contributed by atoms with Crippen molar-refractivity contribution in [1.82, 2.24) is 10.2 Å². The molecule has 1 unspecified atom stereocenters. The van der Waals surface area contributed by atoms with Gasteiger partial charge in [0.2, 0.25) is 5.54 Å². The van der Waals surface area contributed by atoms with Crippen LogP contribution in [0.25, 0.3) is 0 Å². The summed E-state index contributed by atoms with van der Waals surface area (Å²) in [5.74, 6) is -1.31. The average molecular weight is 312 g/mol. The van der Waals surface area contributed by atoms with Crippen molar-refractivity contribution in [2.24, 2.45) is 0 Å². The Hall–Kier alpha value is -1.35. The Labute approximate surface area is 120 Å². The standard InChI is InChI=1S/C12H19F3N2O4/c1-4-20-8(21-5-2)6-7-17-9(18)11(3,12(13,14)15)16-10(17)19/h8H,4-7H2,1-3H3,(H,16,19). The largest absolute Gasteiger partial charge is 0.420 e. The number of carbonyl (C=O) groups is 2. The average Bonchev–Trinajstić information content (AvgIpc) is 2.59. The molecule has 0 aromatic heterocycles. The molecule has 9 heteroatoms. The molecule has 1 saturated heterocycles. The van der Waals surface area contributed by atoms with Gasteiger partial charge in [0.05, 0.1) is 0 Å². The van der Waals surface area contributed by atoms with E-state index in [-0.39, 0.29) is 13.0 Å². The van der Waals surface area contributed by atoms with E-state index in [4.69, 9.17) is 9.47 Å². The van der Waals surface area contributed by atoms with E-state index in [2.05, 4.69) is 0 Å².